The zero-order chi connectivity index (χ0) is 21.5. The minimum Gasteiger partial charge on any atom is -0.504 e. The number of nitrogens with zero attached hydrogens (tertiary/aromatic N) is 2. The summed E-state index contributed by atoms with van der Waals surface area (Å²) in [4.78, 5) is 6.30. The third kappa shape index (κ3) is 5.11. The van der Waals surface area contributed by atoms with Crippen LogP contribution in [0.3, 0.4) is 0 Å². The number of phenolic OH excluding ortho intramolecular Hbond substituents is 1. The molecule has 1 saturated heterocycles. The summed E-state index contributed by atoms with van der Waals surface area (Å²) in [6, 6.07) is 9.32. The molecule has 1 aliphatic heterocycles. The van der Waals surface area contributed by atoms with Crippen molar-refractivity contribution in [3.8, 4) is 11.5 Å². The van der Waals surface area contributed by atoms with Gasteiger partial charge in [0.15, 0.2) is 17.5 Å². The summed E-state index contributed by atoms with van der Waals surface area (Å²) < 4.78 is 33.3. The van der Waals surface area contributed by atoms with E-state index >= 15 is 0 Å². The molecule has 0 radical (unpaired) electrons. The van der Waals surface area contributed by atoms with E-state index in [-0.39, 0.29) is 17.5 Å². The highest BCUT2D eigenvalue weighted by Crippen LogP contribution is 2.29. The van der Waals surface area contributed by atoms with Crippen molar-refractivity contribution >= 4 is 11.6 Å². The fourth-order valence-corrected chi connectivity index (χ4v) is 3.61. The quantitative estimate of drug-likeness (QED) is 0.476. The van der Waals surface area contributed by atoms with Crippen LogP contribution in [0, 0.1) is 11.6 Å². The average molecular weight is 418 g/mol. The molecule has 162 valence electrons. The van der Waals surface area contributed by atoms with Crippen LogP contribution in [0.25, 0.3) is 0 Å². The summed E-state index contributed by atoms with van der Waals surface area (Å²) in [5.41, 5.74) is 0.785. The summed E-state index contributed by atoms with van der Waals surface area (Å²) in [5.74, 6) is 0.115. The first-order valence-corrected chi connectivity index (χ1v) is 10.1. The standard InChI is InChI=1S/C22H28F2N4O2/c1-3-25-22(26-12-10-15-6-4-9-19(30-2)21(15)29)27-16-11-13-28(14-16)20-17(23)7-5-8-18(20)24/h4-9,16,29H,3,10-14H2,1-2H3,(H2,25,26,27). The molecule has 0 aromatic heterocycles. The number of aromatic hydroxyl groups is 1. The van der Waals surface area contributed by atoms with Crippen molar-refractivity contribution in [3.63, 3.8) is 0 Å². The Morgan fingerprint density at radius 1 is 1.23 bits per heavy atom. The fraction of sp³-hybridized carbons (Fsp3) is 0.409. The number of aliphatic imine (C=N–C) groups is 1. The number of para-hydroxylation sites is 2. The predicted octanol–water partition coefficient (Wildman–Crippen LogP) is 3.06. The number of hydrogen-bond acceptors (Lipinski definition) is 4. The molecular weight excluding hydrogens is 390 g/mol. The van der Waals surface area contributed by atoms with Crippen LogP contribution in [0.1, 0.15) is 18.9 Å². The maximum Gasteiger partial charge on any atom is 0.191 e. The van der Waals surface area contributed by atoms with Crippen LogP contribution >= 0.6 is 0 Å². The van der Waals surface area contributed by atoms with Gasteiger partial charge in [-0.3, -0.25) is 4.99 Å². The van der Waals surface area contributed by atoms with E-state index in [1.54, 1.807) is 11.0 Å². The van der Waals surface area contributed by atoms with Gasteiger partial charge in [-0.05, 0) is 43.5 Å². The number of phenols is 1. The lowest BCUT2D eigenvalue weighted by molar-refractivity contribution is 0.370. The smallest absolute Gasteiger partial charge is 0.191 e. The Hall–Kier alpha value is -3.03. The maximum atomic E-state index is 14.1. The normalized spacial score (nSPS) is 16.6. The lowest BCUT2D eigenvalue weighted by Gasteiger charge is -2.21. The Labute approximate surface area is 175 Å². The number of rotatable bonds is 7. The van der Waals surface area contributed by atoms with Crippen LogP contribution in [-0.2, 0) is 6.42 Å². The SMILES string of the molecule is CCNC(=NCCc1cccc(OC)c1O)NC1CCN(c2c(F)cccc2F)C1. The van der Waals surface area contributed by atoms with Gasteiger partial charge in [-0.25, -0.2) is 8.78 Å². The van der Waals surface area contributed by atoms with E-state index in [4.69, 9.17) is 4.74 Å². The molecule has 1 atom stereocenters. The van der Waals surface area contributed by atoms with E-state index in [2.05, 4.69) is 15.6 Å². The molecule has 6 nitrogen and oxygen atoms in total. The maximum absolute atomic E-state index is 14.1. The second-order valence-corrected chi connectivity index (χ2v) is 7.12. The van der Waals surface area contributed by atoms with Crippen LogP contribution in [-0.4, -0.2) is 50.4 Å². The zero-order valence-corrected chi connectivity index (χ0v) is 17.3. The lowest BCUT2D eigenvalue weighted by Crippen LogP contribution is -2.44. The summed E-state index contributed by atoms with van der Waals surface area (Å²) in [6.07, 6.45) is 1.30. The van der Waals surface area contributed by atoms with Gasteiger partial charge in [0.05, 0.1) is 7.11 Å². The summed E-state index contributed by atoms with van der Waals surface area (Å²) in [5, 5.41) is 16.7. The molecule has 1 unspecified atom stereocenters. The Morgan fingerprint density at radius 3 is 2.67 bits per heavy atom. The van der Waals surface area contributed by atoms with E-state index in [0.717, 1.165) is 12.0 Å². The van der Waals surface area contributed by atoms with E-state index in [1.165, 1.54) is 25.3 Å². The van der Waals surface area contributed by atoms with E-state index < -0.39 is 11.6 Å². The van der Waals surface area contributed by atoms with Gasteiger partial charge in [-0.15, -0.1) is 0 Å². The Morgan fingerprint density at radius 2 is 1.97 bits per heavy atom. The molecule has 0 aliphatic carbocycles. The van der Waals surface area contributed by atoms with Gasteiger partial charge >= 0.3 is 0 Å². The van der Waals surface area contributed by atoms with Gasteiger partial charge in [0.2, 0.25) is 0 Å². The molecule has 0 bridgehead atoms. The molecule has 1 heterocycles. The Kier molecular flexibility index (Phi) is 7.32. The first-order valence-electron chi connectivity index (χ1n) is 10.1. The second kappa shape index (κ2) is 10.1. The van der Waals surface area contributed by atoms with Gasteiger partial charge in [0.1, 0.15) is 17.3 Å². The lowest BCUT2D eigenvalue weighted by atomic mass is 10.1. The second-order valence-electron chi connectivity index (χ2n) is 7.12. The predicted molar refractivity (Wildman–Crippen MR) is 114 cm³/mol. The summed E-state index contributed by atoms with van der Waals surface area (Å²) in [6.45, 7) is 4.18. The molecule has 3 N–H and O–H groups in total. The molecule has 1 aliphatic rings. The molecule has 0 spiro atoms. The number of ether oxygens (including phenoxy) is 1. The Bertz CT molecular complexity index is 871. The number of methoxy groups -OCH3 is 1. The number of anilines is 1. The van der Waals surface area contributed by atoms with Crippen molar-refractivity contribution in [2.24, 2.45) is 4.99 Å². The first-order chi connectivity index (χ1) is 14.5. The summed E-state index contributed by atoms with van der Waals surface area (Å²) in [7, 11) is 1.52. The number of benzene rings is 2. The Balaban J connectivity index is 1.61. The highest BCUT2D eigenvalue weighted by molar-refractivity contribution is 5.80. The van der Waals surface area contributed by atoms with Crippen molar-refractivity contribution in [2.45, 2.75) is 25.8 Å². The van der Waals surface area contributed by atoms with Crippen molar-refractivity contribution < 1.29 is 18.6 Å². The first kappa shape index (κ1) is 21.7. The van der Waals surface area contributed by atoms with Gasteiger partial charge in [0, 0.05) is 32.2 Å². The molecular formula is C22H28F2N4O2. The number of guanidine groups is 1. The molecule has 3 rings (SSSR count). The molecule has 0 amide bonds. The highest BCUT2D eigenvalue weighted by atomic mass is 19.1. The van der Waals surface area contributed by atoms with Crippen LogP contribution in [0.4, 0.5) is 14.5 Å². The fourth-order valence-electron chi connectivity index (χ4n) is 3.61. The molecule has 1 fully saturated rings. The van der Waals surface area contributed by atoms with Gasteiger partial charge in [-0.1, -0.05) is 18.2 Å². The van der Waals surface area contributed by atoms with Crippen molar-refractivity contribution in [1.82, 2.24) is 10.6 Å². The average Bonchev–Trinajstić information content (AvgIpc) is 3.17. The topological polar surface area (TPSA) is 69.1 Å². The molecule has 2 aromatic rings. The minimum atomic E-state index is -0.547. The van der Waals surface area contributed by atoms with Crippen LogP contribution < -0.4 is 20.3 Å². The third-order valence-corrected chi connectivity index (χ3v) is 5.08. The van der Waals surface area contributed by atoms with Crippen LogP contribution in [0.15, 0.2) is 41.4 Å². The molecule has 0 saturated carbocycles. The minimum absolute atomic E-state index is 0.0204. The van der Waals surface area contributed by atoms with Crippen molar-refractivity contribution in [2.75, 3.05) is 38.2 Å². The van der Waals surface area contributed by atoms with E-state index in [9.17, 15) is 13.9 Å². The molecule has 2 aromatic carbocycles. The van der Waals surface area contributed by atoms with E-state index in [0.29, 0.717) is 44.3 Å². The monoisotopic (exact) mass is 418 g/mol. The molecule has 30 heavy (non-hydrogen) atoms. The van der Waals surface area contributed by atoms with Crippen molar-refractivity contribution in [1.29, 1.82) is 0 Å². The number of nitrogens with one attached hydrogen (secondary N) is 2. The molecule has 8 heteroatoms. The number of hydrogen-bond donors (Lipinski definition) is 3. The number of halogens is 2. The third-order valence-electron chi connectivity index (χ3n) is 5.08. The highest BCUT2D eigenvalue weighted by Gasteiger charge is 2.27. The van der Waals surface area contributed by atoms with E-state index in [1.807, 2.05) is 19.1 Å². The van der Waals surface area contributed by atoms with Gasteiger partial charge < -0.3 is 25.4 Å². The van der Waals surface area contributed by atoms with Crippen LogP contribution in [0.5, 0.6) is 11.5 Å². The van der Waals surface area contributed by atoms with Gasteiger partial charge in [-0.2, -0.15) is 0 Å². The zero-order valence-electron chi connectivity index (χ0n) is 17.3. The summed E-state index contributed by atoms with van der Waals surface area (Å²) >= 11 is 0. The van der Waals surface area contributed by atoms with Crippen LogP contribution in [0.2, 0.25) is 0 Å². The van der Waals surface area contributed by atoms with Crippen molar-refractivity contribution in [3.05, 3.63) is 53.6 Å². The largest absolute Gasteiger partial charge is 0.504 e. The van der Waals surface area contributed by atoms with Gasteiger partial charge in [0.25, 0.3) is 0 Å².